The van der Waals surface area contributed by atoms with E-state index in [1.165, 1.54) is 11.3 Å². The third kappa shape index (κ3) is 5.46. The summed E-state index contributed by atoms with van der Waals surface area (Å²) in [5, 5.41) is 11.3. The van der Waals surface area contributed by atoms with Gasteiger partial charge < -0.3 is 14.7 Å². The minimum Gasteiger partial charge on any atom is -0.461 e. The van der Waals surface area contributed by atoms with E-state index in [9.17, 15) is 14.7 Å². The van der Waals surface area contributed by atoms with Gasteiger partial charge in [0.05, 0.1) is 19.3 Å². The van der Waals surface area contributed by atoms with E-state index in [2.05, 4.69) is 29.2 Å². The number of thiazole rings is 1. The molecule has 0 radical (unpaired) electrons. The fourth-order valence-electron chi connectivity index (χ4n) is 4.04. The second-order valence-corrected chi connectivity index (χ2v) is 9.85. The maximum absolute atomic E-state index is 12.6. The van der Waals surface area contributed by atoms with Crippen LogP contribution in [0.5, 0.6) is 0 Å². The molecule has 1 saturated heterocycles. The molecule has 3 aromatic rings. The zero-order valence-corrected chi connectivity index (χ0v) is 20.0. The van der Waals surface area contributed by atoms with Gasteiger partial charge in [0, 0.05) is 24.1 Å². The molecule has 1 aliphatic rings. The lowest BCUT2D eigenvalue weighted by Crippen LogP contribution is -2.29. The number of ether oxygens (including phenoxy) is 1. The number of carbonyl (C=O) groups excluding carboxylic acids is 2. The Morgan fingerprint density at radius 2 is 2.03 bits per heavy atom. The molecule has 1 aromatic heterocycles. The van der Waals surface area contributed by atoms with Crippen molar-refractivity contribution in [2.45, 2.75) is 36.8 Å². The highest BCUT2D eigenvalue weighted by molar-refractivity contribution is 8.01. The van der Waals surface area contributed by atoms with Crippen LogP contribution in [0.4, 0.5) is 0 Å². The summed E-state index contributed by atoms with van der Waals surface area (Å²) in [6.07, 6.45) is 1.36. The Balaban J connectivity index is 1.39. The van der Waals surface area contributed by atoms with Crippen molar-refractivity contribution in [2.75, 3.05) is 18.9 Å². The first-order valence-electron chi connectivity index (χ1n) is 10.9. The molecule has 33 heavy (non-hydrogen) atoms. The predicted octanol–water partition coefficient (Wildman–Crippen LogP) is 4.93. The molecule has 2 heterocycles. The zero-order valence-electron chi connectivity index (χ0n) is 18.4. The van der Waals surface area contributed by atoms with Crippen molar-refractivity contribution in [3.63, 3.8) is 0 Å². The normalized spacial score (nSPS) is 15.8. The first-order valence-corrected chi connectivity index (χ1v) is 12.8. The molecule has 0 aliphatic carbocycles. The molecular weight excluding hydrogens is 456 g/mol. The molecule has 1 unspecified atom stereocenters. The van der Waals surface area contributed by atoms with E-state index >= 15 is 0 Å². The third-order valence-corrected chi connectivity index (χ3v) is 7.65. The number of benzene rings is 2. The highest BCUT2D eigenvalue weighted by Crippen LogP contribution is 2.35. The van der Waals surface area contributed by atoms with Crippen LogP contribution in [0.3, 0.4) is 0 Å². The summed E-state index contributed by atoms with van der Waals surface area (Å²) < 4.78 is 5.78. The van der Waals surface area contributed by atoms with Crippen molar-refractivity contribution >= 4 is 35.0 Å². The van der Waals surface area contributed by atoms with Gasteiger partial charge in [-0.1, -0.05) is 60.3 Å². The average Bonchev–Trinajstić information content (AvgIpc) is 3.46. The van der Waals surface area contributed by atoms with Crippen LogP contribution >= 0.6 is 23.1 Å². The first-order chi connectivity index (χ1) is 16.1. The summed E-state index contributed by atoms with van der Waals surface area (Å²) >= 11 is 2.97. The van der Waals surface area contributed by atoms with Crippen LogP contribution in [0, 0.1) is 0 Å². The Bertz CT molecular complexity index is 1110. The predicted molar refractivity (Wildman–Crippen MR) is 130 cm³/mol. The molecule has 1 fully saturated rings. The summed E-state index contributed by atoms with van der Waals surface area (Å²) in [5.74, 6) is 0.474. The number of amides is 1. The van der Waals surface area contributed by atoms with Crippen molar-refractivity contribution in [3.8, 4) is 11.1 Å². The molecule has 1 amide bonds. The topological polar surface area (TPSA) is 79.7 Å². The van der Waals surface area contributed by atoms with Gasteiger partial charge in [-0.25, -0.2) is 9.78 Å². The zero-order chi connectivity index (χ0) is 23.2. The van der Waals surface area contributed by atoms with E-state index < -0.39 is 5.97 Å². The molecule has 1 aliphatic heterocycles. The van der Waals surface area contributed by atoms with Crippen molar-refractivity contribution in [1.29, 1.82) is 0 Å². The molecule has 0 spiro atoms. The summed E-state index contributed by atoms with van der Waals surface area (Å²) in [5.41, 5.74) is 4.43. The minimum atomic E-state index is -0.402. The fraction of sp³-hybridized carbons (Fsp3) is 0.320. The number of hydrogen-bond acceptors (Lipinski definition) is 7. The Labute approximate surface area is 201 Å². The highest BCUT2D eigenvalue weighted by Gasteiger charge is 2.31. The van der Waals surface area contributed by atoms with Gasteiger partial charge in [0.15, 0.2) is 10.0 Å². The van der Waals surface area contributed by atoms with E-state index in [1.54, 1.807) is 24.1 Å². The SMILES string of the molecule is CCOC(=O)c1csc(SCCN2C(=O)CCC2c2ccc(-c3ccccc3CO)cc2)n1. The molecule has 0 saturated carbocycles. The van der Waals surface area contributed by atoms with E-state index in [0.29, 0.717) is 31.0 Å². The number of aromatic nitrogens is 1. The Morgan fingerprint density at radius 1 is 1.24 bits per heavy atom. The maximum atomic E-state index is 12.6. The molecular formula is C25H26N2O4S2. The Morgan fingerprint density at radius 3 is 2.79 bits per heavy atom. The van der Waals surface area contributed by atoms with E-state index in [1.807, 2.05) is 29.2 Å². The second kappa shape index (κ2) is 11.0. The fourth-order valence-corrected chi connectivity index (χ4v) is 5.84. The molecule has 172 valence electrons. The standard InChI is InChI=1S/C25H26N2O4S2/c1-2-31-24(30)21-16-33-25(26-21)32-14-13-27-22(11-12-23(27)29)18-9-7-17(8-10-18)20-6-4-3-5-19(20)15-28/h3-10,16,22,28H,2,11-15H2,1H3. The van der Waals surface area contributed by atoms with Gasteiger partial charge in [-0.2, -0.15) is 0 Å². The van der Waals surface area contributed by atoms with Gasteiger partial charge >= 0.3 is 5.97 Å². The molecule has 2 aromatic carbocycles. The maximum Gasteiger partial charge on any atom is 0.357 e. The van der Waals surface area contributed by atoms with Crippen LogP contribution in [0.25, 0.3) is 11.1 Å². The number of aliphatic hydroxyl groups is 1. The van der Waals surface area contributed by atoms with Crippen molar-refractivity contribution in [1.82, 2.24) is 9.88 Å². The summed E-state index contributed by atoms with van der Waals surface area (Å²) in [6.45, 7) is 2.72. The molecule has 8 heteroatoms. The summed E-state index contributed by atoms with van der Waals surface area (Å²) in [7, 11) is 0. The number of hydrogen-bond donors (Lipinski definition) is 1. The van der Waals surface area contributed by atoms with E-state index in [0.717, 1.165) is 33.0 Å². The van der Waals surface area contributed by atoms with Gasteiger partial charge in [-0.15, -0.1) is 11.3 Å². The third-order valence-electron chi connectivity index (χ3n) is 5.65. The van der Waals surface area contributed by atoms with Crippen LogP contribution in [-0.2, 0) is 16.1 Å². The van der Waals surface area contributed by atoms with Gasteiger partial charge in [0.1, 0.15) is 0 Å². The number of thioether (sulfide) groups is 1. The van der Waals surface area contributed by atoms with Crippen molar-refractivity contribution in [3.05, 3.63) is 70.7 Å². The van der Waals surface area contributed by atoms with Crippen LogP contribution in [-0.4, -0.2) is 45.8 Å². The quantitative estimate of drug-likeness (QED) is 0.344. The molecule has 1 atom stereocenters. The van der Waals surface area contributed by atoms with E-state index in [-0.39, 0.29) is 18.6 Å². The van der Waals surface area contributed by atoms with Crippen molar-refractivity contribution in [2.24, 2.45) is 0 Å². The van der Waals surface area contributed by atoms with Crippen LogP contribution in [0.2, 0.25) is 0 Å². The molecule has 4 rings (SSSR count). The number of likely N-dealkylation sites (tertiary alicyclic amines) is 1. The van der Waals surface area contributed by atoms with E-state index in [4.69, 9.17) is 4.74 Å². The molecule has 0 bridgehead atoms. The van der Waals surface area contributed by atoms with Gasteiger partial charge in [-0.3, -0.25) is 4.79 Å². The summed E-state index contributed by atoms with van der Waals surface area (Å²) in [4.78, 5) is 30.6. The Hall–Kier alpha value is -2.68. The monoisotopic (exact) mass is 482 g/mol. The number of nitrogens with zero attached hydrogens (tertiary/aromatic N) is 2. The summed E-state index contributed by atoms with van der Waals surface area (Å²) in [6, 6.07) is 16.2. The highest BCUT2D eigenvalue weighted by atomic mass is 32.2. The first kappa shape index (κ1) is 23.5. The number of esters is 1. The minimum absolute atomic E-state index is 0.000868. The number of rotatable bonds is 9. The lowest BCUT2D eigenvalue weighted by molar-refractivity contribution is -0.128. The van der Waals surface area contributed by atoms with Gasteiger partial charge in [0.25, 0.3) is 0 Å². The average molecular weight is 483 g/mol. The lowest BCUT2D eigenvalue weighted by Gasteiger charge is -2.25. The smallest absolute Gasteiger partial charge is 0.357 e. The lowest BCUT2D eigenvalue weighted by atomic mass is 9.97. The largest absolute Gasteiger partial charge is 0.461 e. The van der Waals surface area contributed by atoms with Crippen LogP contribution in [0.15, 0.2) is 58.3 Å². The molecule has 6 nitrogen and oxygen atoms in total. The van der Waals surface area contributed by atoms with Gasteiger partial charge in [0.2, 0.25) is 5.91 Å². The van der Waals surface area contributed by atoms with Crippen molar-refractivity contribution < 1.29 is 19.4 Å². The number of carbonyl (C=O) groups is 2. The Kier molecular flexibility index (Phi) is 7.80. The van der Waals surface area contributed by atoms with Gasteiger partial charge in [-0.05, 0) is 35.6 Å². The van der Waals surface area contributed by atoms with Crippen LogP contribution in [0.1, 0.15) is 47.4 Å². The number of aliphatic hydroxyl groups excluding tert-OH is 1. The molecule has 1 N–H and O–H groups in total. The second-order valence-electron chi connectivity index (χ2n) is 7.65. The van der Waals surface area contributed by atoms with Crippen LogP contribution < -0.4 is 0 Å².